The molecule has 4 heteroatoms. The molecule has 21 heavy (non-hydrogen) atoms. The van der Waals surface area contributed by atoms with Crippen molar-refractivity contribution in [2.45, 2.75) is 26.3 Å². The minimum absolute atomic E-state index is 0.241. The lowest BCUT2D eigenvalue weighted by atomic mass is 10.1. The van der Waals surface area contributed by atoms with Crippen LogP contribution in [0.3, 0.4) is 0 Å². The van der Waals surface area contributed by atoms with Crippen LogP contribution in [-0.4, -0.2) is 19.0 Å². The van der Waals surface area contributed by atoms with E-state index in [1.54, 1.807) is 11.3 Å². The van der Waals surface area contributed by atoms with Gasteiger partial charge in [0.05, 0.1) is 6.04 Å². The summed E-state index contributed by atoms with van der Waals surface area (Å²) in [4.78, 5) is 6.04. The molecule has 2 aromatic rings. The molecule has 0 radical (unpaired) electrons. The van der Waals surface area contributed by atoms with Crippen molar-refractivity contribution in [3.8, 4) is 0 Å². The van der Waals surface area contributed by atoms with Gasteiger partial charge in [-0.2, -0.15) is 0 Å². The summed E-state index contributed by atoms with van der Waals surface area (Å²) < 4.78 is 0. The molecule has 0 aliphatic heterocycles. The standard InChI is InChI=1S/C17H23N3S/c1-3-18-17(19-12-11-16-10-7-13-21-16)20-14(2)15-8-5-4-6-9-15/h4-10,13-14H,3,11-12H2,1-2H3,(H2,18,19,20). The average molecular weight is 301 g/mol. The van der Waals surface area contributed by atoms with Gasteiger partial charge in [-0.25, -0.2) is 0 Å². The second-order valence-electron chi connectivity index (χ2n) is 4.87. The number of nitrogens with one attached hydrogen (secondary N) is 2. The molecule has 2 N–H and O–H groups in total. The van der Waals surface area contributed by atoms with E-state index in [4.69, 9.17) is 0 Å². The zero-order chi connectivity index (χ0) is 14.9. The second-order valence-corrected chi connectivity index (χ2v) is 5.90. The van der Waals surface area contributed by atoms with Crippen LogP contribution in [-0.2, 0) is 6.42 Å². The van der Waals surface area contributed by atoms with E-state index in [-0.39, 0.29) is 6.04 Å². The van der Waals surface area contributed by atoms with Crippen molar-refractivity contribution in [2.24, 2.45) is 4.99 Å². The third kappa shape index (κ3) is 5.23. The highest BCUT2D eigenvalue weighted by molar-refractivity contribution is 7.09. The van der Waals surface area contributed by atoms with Gasteiger partial charge in [0.15, 0.2) is 5.96 Å². The van der Waals surface area contributed by atoms with E-state index in [0.29, 0.717) is 0 Å². The summed E-state index contributed by atoms with van der Waals surface area (Å²) in [5.74, 6) is 0.880. The van der Waals surface area contributed by atoms with Gasteiger partial charge < -0.3 is 10.6 Å². The minimum Gasteiger partial charge on any atom is -0.357 e. The highest BCUT2D eigenvalue weighted by atomic mass is 32.1. The molecule has 1 atom stereocenters. The van der Waals surface area contributed by atoms with Gasteiger partial charge in [-0.15, -0.1) is 11.3 Å². The molecular weight excluding hydrogens is 278 g/mol. The summed E-state index contributed by atoms with van der Waals surface area (Å²) in [6.07, 6.45) is 0.994. The fourth-order valence-electron chi connectivity index (χ4n) is 2.08. The van der Waals surface area contributed by atoms with E-state index in [1.165, 1.54) is 10.4 Å². The quantitative estimate of drug-likeness (QED) is 0.632. The molecule has 3 nitrogen and oxygen atoms in total. The van der Waals surface area contributed by atoms with E-state index in [2.05, 4.69) is 71.3 Å². The first-order valence-corrected chi connectivity index (χ1v) is 8.29. The van der Waals surface area contributed by atoms with Crippen molar-refractivity contribution >= 4 is 17.3 Å². The molecule has 112 valence electrons. The number of hydrogen-bond acceptors (Lipinski definition) is 2. The smallest absolute Gasteiger partial charge is 0.191 e. The monoisotopic (exact) mass is 301 g/mol. The summed E-state index contributed by atoms with van der Waals surface area (Å²) in [6.45, 7) is 5.91. The Balaban J connectivity index is 1.91. The molecule has 1 aromatic carbocycles. The lowest BCUT2D eigenvalue weighted by molar-refractivity contribution is 0.686. The maximum atomic E-state index is 4.65. The third-order valence-electron chi connectivity index (χ3n) is 3.21. The zero-order valence-electron chi connectivity index (χ0n) is 12.7. The van der Waals surface area contributed by atoms with Crippen LogP contribution in [0.5, 0.6) is 0 Å². The first kappa shape index (κ1) is 15.6. The molecule has 2 rings (SSSR count). The van der Waals surface area contributed by atoms with Crippen molar-refractivity contribution in [1.29, 1.82) is 0 Å². The number of aliphatic imine (C=N–C) groups is 1. The van der Waals surface area contributed by atoms with Gasteiger partial charge in [-0.1, -0.05) is 36.4 Å². The van der Waals surface area contributed by atoms with E-state index in [9.17, 15) is 0 Å². The molecular formula is C17H23N3S. The van der Waals surface area contributed by atoms with E-state index >= 15 is 0 Å². The van der Waals surface area contributed by atoms with Crippen LogP contribution in [0.4, 0.5) is 0 Å². The Morgan fingerprint density at radius 2 is 2.00 bits per heavy atom. The molecule has 0 aliphatic carbocycles. The molecule has 1 unspecified atom stereocenters. The number of benzene rings is 1. The first-order valence-electron chi connectivity index (χ1n) is 7.41. The normalized spacial score (nSPS) is 13.0. The van der Waals surface area contributed by atoms with Crippen LogP contribution in [0.2, 0.25) is 0 Å². The molecule has 0 aliphatic rings. The number of rotatable bonds is 6. The van der Waals surface area contributed by atoms with Gasteiger partial charge >= 0.3 is 0 Å². The summed E-state index contributed by atoms with van der Waals surface area (Å²) in [6, 6.07) is 14.9. The van der Waals surface area contributed by atoms with Crippen LogP contribution >= 0.6 is 11.3 Å². The zero-order valence-corrected chi connectivity index (χ0v) is 13.5. The Hall–Kier alpha value is -1.81. The van der Waals surface area contributed by atoms with Gasteiger partial charge in [0.2, 0.25) is 0 Å². The van der Waals surface area contributed by atoms with Crippen molar-refractivity contribution in [3.05, 3.63) is 58.3 Å². The third-order valence-corrected chi connectivity index (χ3v) is 4.14. The Bertz CT molecular complexity index is 534. The number of nitrogens with zero attached hydrogens (tertiary/aromatic N) is 1. The molecule has 0 saturated carbocycles. The Labute approximate surface area is 131 Å². The Morgan fingerprint density at radius 1 is 1.19 bits per heavy atom. The Morgan fingerprint density at radius 3 is 2.67 bits per heavy atom. The Kier molecular flexibility index (Phi) is 6.28. The minimum atomic E-state index is 0.241. The van der Waals surface area contributed by atoms with Crippen LogP contribution in [0.25, 0.3) is 0 Å². The maximum absolute atomic E-state index is 4.65. The lowest BCUT2D eigenvalue weighted by Crippen LogP contribution is -2.38. The molecule has 0 fully saturated rings. The van der Waals surface area contributed by atoms with Crippen molar-refractivity contribution in [1.82, 2.24) is 10.6 Å². The summed E-state index contributed by atoms with van der Waals surface area (Å²) in [5.41, 5.74) is 1.27. The number of guanidine groups is 1. The van der Waals surface area contributed by atoms with E-state index in [1.807, 2.05) is 6.07 Å². The van der Waals surface area contributed by atoms with E-state index in [0.717, 1.165) is 25.5 Å². The lowest BCUT2D eigenvalue weighted by Gasteiger charge is -2.18. The SMILES string of the molecule is CCNC(=NCCc1cccs1)NC(C)c1ccccc1. The fourth-order valence-corrected chi connectivity index (χ4v) is 2.78. The number of thiophene rings is 1. The molecule has 0 saturated heterocycles. The summed E-state index contributed by atoms with van der Waals surface area (Å²) in [5, 5.41) is 8.87. The molecule has 0 spiro atoms. The van der Waals surface area contributed by atoms with Crippen molar-refractivity contribution < 1.29 is 0 Å². The van der Waals surface area contributed by atoms with Gasteiger partial charge in [0.25, 0.3) is 0 Å². The summed E-state index contributed by atoms with van der Waals surface area (Å²) >= 11 is 1.79. The summed E-state index contributed by atoms with van der Waals surface area (Å²) in [7, 11) is 0. The van der Waals surface area contributed by atoms with Crippen LogP contribution in [0.1, 0.15) is 30.3 Å². The maximum Gasteiger partial charge on any atom is 0.191 e. The molecule has 0 amide bonds. The molecule has 1 aromatic heterocycles. The van der Waals surface area contributed by atoms with Gasteiger partial charge in [-0.3, -0.25) is 4.99 Å². The van der Waals surface area contributed by atoms with Crippen LogP contribution in [0, 0.1) is 0 Å². The second kappa shape index (κ2) is 8.47. The van der Waals surface area contributed by atoms with Crippen molar-refractivity contribution in [3.63, 3.8) is 0 Å². The average Bonchev–Trinajstić information content (AvgIpc) is 3.01. The fraction of sp³-hybridized carbons (Fsp3) is 0.353. The molecule has 0 bridgehead atoms. The predicted octanol–water partition coefficient (Wildman–Crippen LogP) is 3.61. The topological polar surface area (TPSA) is 36.4 Å². The van der Waals surface area contributed by atoms with Crippen LogP contribution in [0.15, 0.2) is 52.8 Å². The highest BCUT2D eigenvalue weighted by Gasteiger charge is 2.06. The largest absolute Gasteiger partial charge is 0.357 e. The molecule has 1 heterocycles. The highest BCUT2D eigenvalue weighted by Crippen LogP contribution is 2.11. The van der Waals surface area contributed by atoms with Gasteiger partial charge in [-0.05, 0) is 30.9 Å². The van der Waals surface area contributed by atoms with E-state index < -0.39 is 0 Å². The number of hydrogen-bond donors (Lipinski definition) is 2. The van der Waals surface area contributed by atoms with Gasteiger partial charge in [0.1, 0.15) is 0 Å². The van der Waals surface area contributed by atoms with Crippen LogP contribution < -0.4 is 10.6 Å². The van der Waals surface area contributed by atoms with Gasteiger partial charge in [0, 0.05) is 24.4 Å². The first-order chi connectivity index (χ1) is 10.3. The predicted molar refractivity (Wildman–Crippen MR) is 92.0 cm³/mol. The van der Waals surface area contributed by atoms with Crippen molar-refractivity contribution in [2.75, 3.05) is 13.1 Å².